The number of carbonyl (C=O) groups is 1. The van der Waals surface area contributed by atoms with Gasteiger partial charge in [-0.05, 0) is 39.3 Å². The van der Waals surface area contributed by atoms with Crippen molar-refractivity contribution < 1.29 is 9.53 Å². The minimum atomic E-state index is -0.406. The van der Waals surface area contributed by atoms with Gasteiger partial charge in [0.15, 0.2) is 0 Å². The predicted octanol–water partition coefficient (Wildman–Crippen LogP) is 2.74. The highest BCUT2D eigenvalue weighted by atomic mass is 32.1. The second-order valence-corrected chi connectivity index (χ2v) is 6.16. The van der Waals surface area contributed by atoms with Crippen LogP contribution in [0, 0.1) is 0 Å². The Hall–Kier alpha value is -0.870. The zero-order valence-electron chi connectivity index (χ0n) is 11.0. The molecule has 17 heavy (non-hydrogen) atoms. The fourth-order valence-corrected chi connectivity index (χ4v) is 2.30. The quantitative estimate of drug-likeness (QED) is 0.822. The molecule has 0 saturated carbocycles. The number of nitrogens with one attached hydrogen (secondary N) is 1. The number of ether oxygens (including phenoxy) is 1. The smallest absolute Gasteiger partial charge is 0.320 e. The number of esters is 1. The molecule has 1 aromatic rings. The van der Waals surface area contributed by atoms with Gasteiger partial charge in [0.2, 0.25) is 0 Å². The lowest BCUT2D eigenvalue weighted by Crippen LogP contribution is -2.31. The Morgan fingerprint density at radius 2 is 2.00 bits per heavy atom. The third-order valence-corrected chi connectivity index (χ3v) is 3.28. The predicted molar refractivity (Wildman–Crippen MR) is 71.2 cm³/mol. The molecule has 0 bridgehead atoms. The lowest BCUT2D eigenvalue weighted by atomic mass is 10.2. The second-order valence-electron chi connectivity index (χ2n) is 4.91. The molecule has 0 fully saturated rings. The first-order valence-corrected chi connectivity index (χ1v) is 6.72. The summed E-state index contributed by atoms with van der Waals surface area (Å²) in [6.07, 6.45) is 1.07. The Labute approximate surface area is 107 Å². The summed E-state index contributed by atoms with van der Waals surface area (Å²) in [5.41, 5.74) is -0.406. The number of thiophene rings is 1. The van der Waals surface area contributed by atoms with Crippen LogP contribution in [0.5, 0.6) is 0 Å². The Kier molecular flexibility index (Phi) is 5.15. The zero-order valence-corrected chi connectivity index (χ0v) is 11.8. The molecule has 0 saturated heterocycles. The maximum absolute atomic E-state index is 11.4. The number of rotatable bonds is 5. The highest BCUT2D eigenvalue weighted by molar-refractivity contribution is 7.11. The molecular formula is C13H21NO2S. The Morgan fingerprint density at radius 3 is 2.53 bits per heavy atom. The van der Waals surface area contributed by atoms with Crippen LogP contribution >= 0.6 is 11.3 Å². The maximum atomic E-state index is 11.4. The van der Waals surface area contributed by atoms with Crippen molar-refractivity contribution in [3.05, 3.63) is 21.9 Å². The SMILES string of the molecule is CCc1ccc(CNCC(=O)OC(C)(C)C)s1. The van der Waals surface area contributed by atoms with E-state index in [0.29, 0.717) is 0 Å². The molecule has 0 amide bonds. The van der Waals surface area contributed by atoms with Crippen molar-refractivity contribution in [3.63, 3.8) is 0 Å². The van der Waals surface area contributed by atoms with Crippen LogP contribution in [-0.4, -0.2) is 18.1 Å². The van der Waals surface area contributed by atoms with Gasteiger partial charge in [-0.15, -0.1) is 11.3 Å². The van der Waals surface area contributed by atoms with Crippen molar-refractivity contribution in [2.45, 2.75) is 46.3 Å². The van der Waals surface area contributed by atoms with Gasteiger partial charge in [0.25, 0.3) is 0 Å². The normalized spacial score (nSPS) is 11.5. The van der Waals surface area contributed by atoms with Gasteiger partial charge in [-0.2, -0.15) is 0 Å². The van der Waals surface area contributed by atoms with E-state index in [9.17, 15) is 4.79 Å². The van der Waals surface area contributed by atoms with Crippen molar-refractivity contribution in [1.82, 2.24) is 5.32 Å². The molecule has 1 N–H and O–H groups in total. The molecular weight excluding hydrogens is 234 g/mol. The number of hydrogen-bond donors (Lipinski definition) is 1. The molecule has 0 aromatic carbocycles. The highest BCUT2D eigenvalue weighted by Gasteiger charge is 2.15. The van der Waals surface area contributed by atoms with E-state index in [1.807, 2.05) is 20.8 Å². The summed E-state index contributed by atoms with van der Waals surface area (Å²) in [7, 11) is 0. The molecule has 1 rings (SSSR count). The van der Waals surface area contributed by atoms with E-state index in [0.717, 1.165) is 13.0 Å². The van der Waals surface area contributed by atoms with Gasteiger partial charge in [-0.25, -0.2) is 0 Å². The summed E-state index contributed by atoms with van der Waals surface area (Å²) >= 11 is 1.78. The molecule has 0 aliphatic rings. The van der Waals surface area contributed by atoms with Crippen molar-refractivity contribution in [1.29, 1.82) is 0 Å². The van der Waals surface area contributed by atoms with Crippen LogP contribution in [0.4, 0.5) is 0 Å². The minimum absolute atomic E-state index is 0.204. The minimum Gasteiger partial charge on any atom is -0.459 e. The van der Waals surface area contributed by atoms with E-state index in [4.69, 9.17) is 4.74 Å². The van der Waals surface area contributed by atoms with Crippen LogP contribution in [-0.2, 0) is 22.5 Å². The van der Waals surface area contributed by atoms with Crippen molar-refractivity contribution in [2.24, 2.45) is 0 Å². The summed E-state index contributed by atoms with van der Waals surface area (Å²) in [5, 5.41) is 3.10. The van der Waals surface area contributed by atoms with Crippen LogP contribution in [0.25, 0.3) is 0 Å². The van der Waals surface area contributed by atoms with Crippen molar-refractivity contribution in [2.75, 3.05) is 6.54 Å². The van der Waals surface area contributed by atoms with E-state index in [1.165, 1.54) is 9.75 Å². The van der Waals surface area contributed by atoms with Gasteiger partial charge in [0, 0.05) is 16.3 Å². The van der Waals surface area contributed by atoms with Crippen LogP contribution in [0.2, 0.25) is 0 Å². The van der Waals surface area contributed by atoms with Crippen LogP contribution < -0.4 is 5.32 Å². The van der Waals surface area contributed by atoms with Gasteiger partial charge in [0.1, 0.15) is 5.60 Å². The molecule has 0 aliphatic carbocycles. The van der Waals surface area contributed by atoms with Gasteiger partial charge >= 0.3 is 5.97 Å². The molecule has 96 valence electrons. The standard InChI is InChI=1S/C13H21NO2S/c1-5-10-6-7-11(17-10)8-14-9-12(15)16-13(2,3)4/h6-7,14H,5,8-9H2,1-4H3. The topological polar surface area (TPSA) is 38.3 Å². The van der Waals surface area contributed by atoms with E-state index in [2.05, 4.69) is 24.4 Å². The molecule has 0 atom stereocenters. The van der Waals surface area contributed by atoms with E-state index in [-0.39, 0.29) is 12.5 Å². The Morgan fingerprint density at radius 1 is 1.35 bits per heavy atom. The third-order valence-electron chi connectivity index (χ3n) is 2.05. The number of aryl methyl sites for hydroxylation is 1. The first-order chi connectivity index (χ1) is 7.90. The van der Waals surface area contributed by atoms with Crippen molar-refractivity contribution in [3.8, 4) is 0 Å². The molecule has 3 nitrogen and oxygen atoms in total. The summed E-state index contributed by atoms with van der Waals surface area (Å²) in [6, 6.07) is 4.24. The fourth-order valence-electron chi connectivity index (χ4n) is 1.37. The van der Waals surface area contributed by atoms with E-state index < -0.39 is 5.60 Å². The number of hydrogen-bond acceptors (Lipinski definition) is 4. The molecule has 0 aliphatic heterocycles. The van der Waals surface area contributed by atoms with E-state index >= 15 is 0 Å². The molecule has 1 heterocycles. The van der Waals surface area contributed by atoms with Gasteiger partial charge < -0.3 is 10.1 Å². The first kappa shape index (κ1) is 14.2. The number of carbonyl (C=O) groups excluding carboxylic acids is 1. The van der Waals surface area contributed by atoms with Gasteiger partial charge in [-0.3, -0.25) is 4.79 Å². The average molecular weight is 255 g/mol. The molecule has 0 unspecified atom stereocenters. The molecule has 1 aromatic heterocycles. The van der Waals surface area contributed by atoms with Gasteiger partial charge in [-0.1, -0.05) is 6.92 Å². The Bertz CT molecular complexity index is 366. The van der Waals surface area contributed by atoms with Crippen molar-refractivity contribution >= 4 is 17.3 Å². The maximum Gasteiger partial charge on any atom is 0.320 e. The molecule has 4 heteroatoms. The monoisotopic (exact) mass is 255 g/mol. The second kappa shape index (κ2) is 6.17. The average Bonchev–Trinajstić information content (AvgIpc) is 2.63. The third kappa shape index (κ3) is 5.84. The van der Waals surface area contributed by atoms with Gasteiger partial charge in [0.05, 0.1) is 6.54 Å². The summed E-state index contributed by atoms with van der Waals surface area (Å²) < 4.78 is 5.20. The lowest BCUT2D eigenvalue weighted by molar-refractivity contribution is -0.153. The summed E-state index contributed by atoms with van der Waals surface area (Å²) in [4.78, 5) is 14.1. The van der Waals surface area contributed by atoms with E-state index in [1.54, 1.807) is 11.3 Å². The summed E-state index contributed by atoms with van der Waals surface area (Å²) in [6.45, 7) is 8.75. The fraction of sp³-hybridized carbons (Fsp3) is 0.615. The highest BCUT2D eigenvalue weighted by Crippen LogP contribution is 2.16. The summed E-state index contributed by atoms with van der Waals surface area (Å²) in [5.74, 6) is -0.204. The first-order valence-electron chi connectivity index (χ1n) is 5.91. The van der Waals surface area contributed by atoms with Crippen LogP contribution in [0.1, 0.15) is 37.4 Å². The van der Waals surface area contributed by atoms with Crippen LogP contribution in [0.15, 0.2) is 12.1 Å². The molecule has 0 radical (unpaired) electrons. The molecule has 0 spiro atoms. The lowest BCUT2D eigenvalue weighted by Gasteiger charge is -2.19. The Balaban J connectivity index is 2.26. The largest absolute Gasteiger partial charge is 0.459 e. The van der Waals surface area contributed by atoms with Crippen LogP contribution in [0.3, 0.4) is 0 Å². The zero-order chi connectivity index (χ0) is 12.9.